The average Bonchev–Trinajstić information content (AvgIpc) is 2.97. The number of aromatic nitrogens is 2. The molecular weight excluding hydrogens is 404 g/mol. The van der Waals surface area contributed by atoms with Gasteiger partial charge in [-0.1, -0.05) is 0 Å². The van der Waals surface area contributed by atoms with Crippen molar-refractivity contribution in [3.63, 3.8) is 0 Å². The maximum Gasteiger partial charge on any atom is 2.00 e. The molecule has 0 aromatic carbocycles. The maximum absolute atomic E-state index is 12.6. The summed E-state index contributed by atoms with van der Waals surface area (Å²) in [6.07, 6.45) is 4.91. The Morgan fingerprint density at radius 1 is 1.22 bits per heavy atom. The van der Waals surface area contributed by atoms with Crippen LogP contribution in [0.25, 0.3) is 0 Å². The van der Waals surface area contributed by atoms with Gasteiger partial charge in [-0.15, -0.1) is 0 Å². The Hall–Kier alpha value is -1.94. The van der Waals surface area contributed by atoms with Crippen LogP contribution in [0.4, 0.5) is 0 Å². The Bertz CT molecular complexity index is 622. The third kappa shape index (κ3) is 9.00. The fraction of sp³-hybridized carbons (Fsp3) is 0.625. The molecule has 1 radical (unpaired) electrons. The van der Waals surface area contributed by atoms with Crippen molar-refractivity contribution in [3.8, 4) is 0 Å². The van der Waals surface area contributed by atoms with Crippen LogP contribution >= 0.6 is 0 Å². The number of aliphatic carboxylic acids is 1. The predicted octanol–water partition coefficient (Wildman–Crippen LogP) is -1.51. The van der Waals surface area contributed by atoms with Crippen LogP contribution in [0.5, 0.6) is 0 Å². The number of carboxylic acids is 1. The largest absolute Gasteiger partial charge is 2.00 e. The van der Waals surface area contributed by atoms with E-state index in [1.807, 2.05) is 0 Å². The molecule has 0 bridgehead atoms. The van der Waals surface area contributed by atoms with Crippen LogP contribution in [0.1, 0.15) is 31.9 Å². The average molecular weight is 432 g/mol. The zero-order chi connectivity index (χ0) is 19.7. The molecule has 0 aliphatic heterocycles. The number of rotatable bonds is 11. The van der Waals surface area contributed by atoms with Crippen molar-refractivity contribution >= 4 is 17.8 Å². The molecule has 0 aliphatic carbocycles. The number of aryl methyl sites for hydroxylation is 1. The molecule has 0 fully saturated rings. The standard InChI is InChI=1S/C16H28N6O4.Cu/c1-10(18)14(23)21-13(7-11-8-22(2)9-19-11)15(24)20-12(16(25)26)5-3-4-6-17;/h8-10,12-13H,3-7,17-18H2,1-2H3,(H,20,24)(H,21,23)(H,25,26);/q;+2. The number of hydrogen-bond acceptors (Lipinski definition) is 6. The van der Waals surface area contributed by atoms with Gasteiger partial charge in [-0.25, -0.2) is 9.78 Å². The number of carbonyl (C=O) groups excluding carboxylic acids is 2. The molecule has 0 spiro atoms. The molecule has 3 atom stereocenters. The van der Waals surface area contributed by atoms with Gasteiger partial charge in [-0.2, -0.15) is 0 Å². The second-order valence-corrected chi connectivity index (χ2v) is 6.27. The van der Waals surface area contributed by atoms with Crippen molar-refractivity contribution in [2.24, 2.45) is 18.5 Å². The van der Waals surface area contributed by atoms with E-state index in [9.17, 15) is 19.5 Å². The molecule has 1 rings (SSSR count). The molecule has 11 heteroatoms. The Kier molecular flexibility index (Phi) is 11.6. The van der Waals surface area contributed by atoms with E-state index in [0.717, 1.165) is 0 Å². The number of amides is 2. The molecule has 10 nitrogen and oxygen atoms in total. The van der Waals surface area contributed by atoms with Crippen molar-refractivity contribution in [2.75, 3.05) is 6.54 Å². The summed E-state index contributed by atoms with van der Waals surface area (Å²) in [5, 5.41) is 14.3. The summed E-state index contributed by atoms with van der Waals surface area (Å²) in [6, 6.07) is -2.82. The number of nitrogens with two attached hydrogens (primary N) is 2. The summed E-state index contributed by atoms with van der Waals surface area (Å²) in [7, 11) is 1.78. The van der Waals surface area contributed by atoms with E-state index in [4.69, 9.17) is 11.5 Å². The van der Waals surface area contributed by atoms with Crippen LogP contribution in [-0.4, -0.2) is 57.1 Å². The van der Waals surface area contributed by atoms with Gasteiger partial charge in [0.05, 0.1) is 18.1 Å². The first kappa shape index (κ1) is 25.1. The molecule has 0 saturated carbocycles. The number of nitrogens with zero attached hydrogens (tertiary/aromatic N) is 2. The molecule has 155 valence electrons. The predicted molar refractivity (Wildman–Crippen MR) is 95.0 cm³/mol. The molecule has 1 aromatic heterocycles. The van der Waals surface area contributed by atoms with Gasteiger partial charge in [0, 0.05) is 19.7 Å². The zero-order valence-electron chi connectivity index (χ0n) is 15.4. The summed E-state index contributed by atoms with van der Waals surface area (Å²) in [5.41, 5.74) is 11.5. The Morgan fingerprint density at radius 3 is 2.33 bits per heavy atom. The van der Waals surface area contributed by atoms with E-state index >= 15 is 0 Å². The minimum absolute atomic E-state index is 0. The van der Waals surface area contributed by atoms with Gasteiger partial charge in [0.2, 0.25) is 11.8 Å². The second kappa shape index (κ2) is 12.4. The maximum atomic E-state index is 12.6. The Balaban J connectivity index is 0.00000676. The summed E-state index contributed by atoms with van der Waals surface area (Å²) in [5.74, 6) is -2.23. The number of imidazole rings is 1. The normalized spacial score (nSPS) is 13.8. The van der Waals surface area contributed by atoms with Gasteiger partial charge in [0.25, 0.3) is 0 Å². The smallest absolute Gasteiger partial charge is 0.480 e. The van der Waals surface area contributed by atoms with Crippen LogP contribution in [0.3, 0.4) is 0 Å². The third-order valence-electron chi connectivity index (χ3n) is 3.78. The van der Waals surface area contributed by atoms with E-state index < -0.39 is 35.9 Å². The number of nitrogens with one attached hydrogen (secondary N) is 2. The first-order chi connectivity index (χ1) is 12.2. The quantitative estimate of drug-likeness (QED) is 0.210. The first-order valence-corrected chi connectivity index (χ1v) is 8.50. The molecule has 1 heterocycles. The SMILES string of the molecule is CC(N)C(=O)NC(Cc1cn(C)cn1)C(=O)NC(CCCCN)C(=O)O.[Cu+2]. The number of carbonyl (C=O) groups is 3. The van der Waals surface area contributed by atoms with Gasteiger partial charge in [-0.3, -0.25) is 9.59 Å². The van der Waals surface area contributed by atoms with Crippen molar-refractivity contribution in [2.45, 2.75) is 50.7 Å². The zero-order valence-corrected chi connectivity index (χ0v) is 16.4. The number of unbranched alkanes of at least 4 members (excludes halogenated alkanes) is 1. The fourth-order valence-electron chi connectivity index (χ4n) is 2.32. The Morgan fingerprint density at radius 2 is 1.85 bits per heavy atom. The minimum Gasteiger partial charge on any atom is -0.480 e. The molecule has 1 aromatic rings. The summed E-state index contributed by atoms with van der Waals surface area (Å²) in [6.45, 7) is 1.95. The number of carboxylic acid groups (broad SMARTS) is 1. The van der Waals surface area contributed by atoms with Gasteiger partial charge in [0.1, 0.15) is 12.1 Å². The van der Waals surface area contributed by atoms with Crippen molar-refractivity contribution in [1.82, 2.24) is 20.2 Å². The minimum atomic E-state index is -1.13. The van der Waals surface area contributed by atoms with Crippen LogP contribution in [0.2, 0.25) is 0 Å². The molecule has 0 saturated heterocycles. The van der Waals surface area contributed by atoms with E-state index in [0.29, 0.717) is 25.1 Å². The molecule has 7 N–H and O–H groups in total. The monoisotopic (exact) mass is 431 g/mol. The first-order valence-electron chi connectivity index (χ1n) is 8.50. The van der Waals surface area contributed by atoms with Gasteiger partial charge >= 0.3 is 23.0 Å². The fourth-order valence-corrected chi connectivity index (χ4v) is 2.32. The summed E-state index contributed by atoms with van der Waals surface area (Å²) < 4.78 is 1.71. The molecule has 3 unspecified atom stereocenters. The van der Waals surface area contributed by atoms with Gasteiger partial charge in [-0.05, 0) is 32.7 Å². The third-order valence-corrected chi connectivity index (χ3v) is 3.78. The number of hydrogen-bond donors (Lipinski definition) is 5. The van der Waals surface area contributed by atoms with Crippen LogP contribution in [0, 0.1) is 0 Å². The molecule has 0 aliphatic rings. The van der Waals surface area contributed by atoms with Crippen LogP contribution in [0.15, 0.2) is 12.5 Å². The van der Waals surface area contributed by atoms with Crippen molar-refractivity contribution < 1.29 is 36.6 Å². The molecular formula is C16H28CuN6O4+2. The van der Waals surface area contributed by atoms with E-state index in [2.05, 4.69) is 15.6 Å². The second-order valence-electron chi connectivity index (χ2n) is 6.27. The van der Waals surface area contributed by atoms with Gasteiger partial charge < -0.3 is 31.8 Å². The topological polar surface area (TPSA) is 165 Å². The molecule has 2 amide bonds. The molecule has 27 heavy (non-hydrogen) atoms. The Labute approximate surface area is 168 Å². The van der Waals surface area contributed by atoms with Gasteiger partial charge in [0.15, 0.2) is 0 Å². The van der Waals surface area contributed by atoms with E-state index in [1.54, 1.807) is 24.1 Å². The van der Waals surface area contributed by atoms with Crippen LogP contribution in [-0.2, 0) is 44.9 Å². The van der Waals surface area contributed by atoms with Crippen molar-refractivity contribution in [3.05, 3.63) is 18.2 Å². The van der Waals surface area contributed by atoms with Crippen LogP contribution < -0.4 is 22.1 Å². The van der Waals surface area contributed by atoms with E-state index in [1.165, 1.54) is 6.92 Å². The summed E-state index contributed by atoms with van der Waals surface area (Å²) in [4.78, 5) is 40.0. The van der Waals surface area contributed by atoms with E-state index in [-0.39, 0.29) is 29.9 Å². The summed E-state index contributed by atoms with van der Waals surface area (Å²) >= 11 is 0. The van der Waals surface area contributed by atoms with Crippen molar-refractivity contribution in [1.29, 1.82) is 0 Å².